The fourth-order valence-electron chi connectivity index (χ4n) is 2.75. The molecule has 0 N–H and O–H groups in total. The summed E-state index contributed by atoms with van der Waals surface area (Å²) in [6.45, 7) is 5.95. The Balaban J connectivity index is 2.14. The molecule has 0 aliphatic rings. The van der Waals surface area contributed by atoms with E-state index < -0.39 is 0 Å². The van der Waals surface area contributed by atoms with Gasteiger partial charge < -0.3 is 9.47 Å². The zero-order valence-corrected chi connectivity index (χ0v) is 15.8. The van der Waals surface area contributed by atoms with E-state index in [4.69, 9.17) is 9.47 Å². The van der Waals surface area contributed by atoms with Gasteiger partial charge in [0, 0.05) is 16.1 Å². The Bertz CT molecular complexity index is 597. The van der Waals surface area contributed by atoms with E-state index in [1.54, 1.807) is 0 Å². The van der Waals surface area contributed by atoms with Crippen molar-refractivity contribution in [3.8, 4) is 11.5 Å². The SMILES string of the molecule is CCCCC(CC)COc1ccc(OCCBr)c2ccccc12. The maximum absolute atomic E-state index is 6.16. The summed E-state index contributed by atoms with van der Waals surface area (Å²) >= 11 is 3.40. The van der Waals surface area contributed by atoms with Gasteiger partial charge in [-0.3, -0.25) is 0 Å². The molecule has 23 heavy (non-hydrogen) atoms. The van der Waals surface area contributed by atoms with E-state index in [0.29, 0.717) is 12.5 Å². The lowest BCUT2D eigenvalue weighted by Crippen LogP contribution is -2.11. The van der Waals surface area contributed by atoms with E-state index in [2.05, 4.69) is 48.0 Å². The smallest absolute Gasteiger partial charge is 0.127 e. The first kappa shape index (κ1) is 18.1. The summed E-state index contributed by atoms with van der Waals surface area (Å²) in [6, 6.07) is 12.4. The molecule has 2 aromatic rings. The number of hydrogen-bond acceptors (Lipinski definition) is 2. The highest BCUT2D eigenvalue weighted by Crippen LogP contribution is 2.33. The number of rotatable bonds is 10. The van der Waals surface area contributed by atoms with Crippen molar-refractivity contribution in [1.82, 2.24) is 0 Å². The molecule has 0 amide bonds. The molecular weight excluding hydrogens is 352 g/mol. The number of alkyl halides is 1. The molecule has 0 aliphatic heterocycles. The van der Waals surface area contributed by atoms with E-state index in [-0.39, 0.29) is 0 Å². The summed E-state index contributed by atoms with van der Waals surface area (Å²) in [5, 5.41) is 3.08. The molecule has 0 fully saturated rings. The fourth-order valence-corrected chi connectivity index (χ4v) is 2.91. The second-order valence-corrected chi connectivity index (χ2v) is 6.67. The van der Waals surface area contributed by atoms with Gasteiger partial charge in [-0.2, -0.15) is 0 Å². The van der Waals surface area contributed by atoms with Gasteiger partial charge in [0.1, 0.15) is 11.5 Å². The number of unbranched alkanes of at least 4 members (excludes halogenated alkanes) is 1. The topological polar surface area (TPSA) is 18.5 Å². The minimum atomic E-state index is 0.637. The molecular formula is C20H27BrO2. The standard InChI is InChI=1S/C20H27BrO2/c1-3-5-8-16(4-2)15-23-20-12-11-19(22-14-13-21)17-9-6-7-10-18(17)20/h6-7,9-12,16H,3-5,8,13-15H2,1-2H3. The van der Waals surface area contributed by atoms with Crippen molar-refractivity contribution in [1.29, 1.82) is 0 Å². The quantitative estimate of drug-likeness (QED) is 0.457. The molecule has 0 saturated carbocycles. The summed E-state index contributed by atoms with van der Waals surface area (Å²) in [6.07, 6.45) is 4.95. The monoisotopic (exact) mass is 378 g/mol. The molecule has 1 unspecified atom stereocenters. The van der Waals surface area contributed by atoms with Crippen LogP contribution in [0.4, 0.5) is 0 Å². The van der Waals surface area contributed by atoms with Gasteiger partial charge in [-0.15, -0.1) is 0 Å². The van der Waals surface area contributed by atoms with E-state index >= 15 is 0 Å². The highest BCUT2D eigenvalue weighted by molar-refractivity contribution is 9.09. The number of benzene rings is 2. The second kappa shape index (κ2) is 9.82. The third-order valence-corrected chi connectivity index (χ3v) is 4.52. The highest BCUT2D eigenvalue weighted by Gasteiger charge is 2.11. The highest BCUT2D eigenvalue weighted by atomic mass is 79.9. The maximum Gasteiger partial charge on any atom is 0.127 e. The lowest BCUT2D eigenvalue weighted by atomic mass is 10.0. The summed E-state index contributed by atoms with van der Waals surface area (Å²) in [7, 11) is 0. The first-order chi connectivity index (χ1) is 11.3. The Kier molecular flexibility index (Phi) is 7.73. The Morgan fingerprint density at radius 3 is 2.17 bits per heavy atom. The van der Waals surface area contributed by atoms with Crippen molar-refractivity contribution >= 4 is 26.7 Å². The minimum Gasteiger partial charge on any atom is -0.493 e. The molecule has 0 aliphatic carbocycles. The fraction of sp³-hybridized carbons (Fsp3) is 0.500. The average Bonchev–Trinajstić information content (AvgIpc) is 2.60. The first-order valence-electron chi connectivity index (χ1n) is 8.63. The number of fused-ring (bicyclic) bond motifs is 1. The summed E-state index contributed by atoms with van der Waals surface area (Å²) in [5.74, 6) is 2.52. The molecule has 0 saturated heterocycles. The lowest BCUT2D eigenvalue weighted by molar-refractivity contribution is 0.235. The molecule has 2 nitrogen and oxygen atoms in total. The van der Waals surface area contributed by atoms with Crippen LogP contribution in [0.2, 0.25) is 0 Å². The molecule has 2 rings (SSSR count). The van der Waals surface area contributed by atoms with Crippen LogP contribution in [0.25, 0.3) is 10.8 Å². The van der Waals surface area contributed by atoms with Crippen molar-refractivity contribution < 1.29 is 9.47 Å². The molecule has 2 aromatic carbocycles. The Morgan fingerprint density at radius 1 is 0.957 bits per heavy atom. The minimum absolute atomic E-state index is 0.637. The van der Waals surface area contributed by atoms with E-state index in [1.165, 1.54) is 25.7 Å². The van der Waals surface area contributed by atoms with Crippen molar-refractivity contribution in [2.24, 2.45) is 5.92 Å². The summed E-state index contributed by atoms with van der Waals surface area (Å²) in [4.78, 5) is 0. The van der Waals surface area contributed by atoms with E-state index in [0.717, 1.165) is 34.2 Å². The zero-order valence-electron chi connectivity index (χ0n) is 14.2. The maximum atomic E-state index is 6.16. The second-order valence-electron chi connectivity index (χ2n) is 5.87. The van der Waals surface area contributed by atoms with Crippen LogP contribution in [-0.4, -0.2) is 18.5 Å². The van der Waals surface area contributed by atoms with Crippen LogP contribution in [0, 0.1) is 5.92 Å². The van der Waals surface area contributed by atoms with Gasteiger partial charge in [0.2, 0.25) is 0 Å². The molecule has 126 valence electrons. The van der Waals surface area contributed by atoms with Crippen LogP contribution < -0.4 is 9.47 Å². The van der Waals surface area contributed by atoms with Crippen LogP contribution >= 0.6 is 15.9 Å². The average molecular weight is 379 g/mol. The lowest BCUT2D eigenvalue weighted by Gasteiger charge is -2.17. The zero-order chi connectivity index (χ0) is 16.5. The molecule has 0 heterocycles. The van der Waals surface area contributed by atoms with Crippen LogP contribution in [0.5, 0.6) is 11.5 Å². The number of hydrogen-bond donors (Lipinski definition) is 0. The van der Waals surface area contributed by atoms with Gasteiger partial charge in [-0.05, 0) is 24.5 Å². The van der Waals surface area contributed by atoms with Crippen molar-refractivity contribution in [3.63, 3.8) is 0 Å². The first-order valence-corrected chi connectivity index (χ1v) is 9.75. The van der Waals surface area contributed by atoms with E-state index in [1.807, 2.05) is 18.2 Å². The largest absolute Gasteiger partial charge is 0.493 e. The van der Waals surface area contributed by atoms with Crippen LogP contribution in [0.15, 0.2) is 36.4 Å². The van der Waals surface area contributed by atoms with Gasteiger partial charge in [-0.25, -0.2) is 0 Å². The van der Waals surface area contributed by atoms with E-state index in [9.17, 15) is 0 Å². The van der Waals surface area contributed by atoms with Crippen LogP contribution in [0.3, 0.4) is 0 Å². The van der Waals surface area contributed by atoms with Crippen molar-refractivity contribution in [2.75, 3.05) is 18.5 Å². The van der Waals surface area contributed by atoms with Crippen molar-refractivity contribution in [3.05, 3.63) is 36.4 Å². The van der Waals surface area contributed by atoms with Gasteiger partial charge in [-0.1, -0.05) is 73.3 Å². The van der Waals surface area contributed by atoms with Gasteiger partial charge in [0.15, 0.2) is 0 Å². The summed E-state index contributed by atoms with van der Waals surface area (Å²) < 4.78 is 12.0. The Labute approximate surface area is 148 Å². The van der Waals surface area contributed by atoms with Gasteiger partial charge >= 0.3 is 0 Å². The Hall–Kier alpha value is -1.22. The molecule has 0 aromatic heterocycles. The molecule has 0 radical (unpaired) electrons. The van der Waals surface area contributed by atoms with Gasteiger partial charge in [0.05, 0.1) is 13.2 Å². The summed E-state index contributed by atoms with van der Waals surface area (Å²) in [5.41, 5.74) is 0. The predicted octanol–water partition coefficient (Wildman–Crippen LogP) is 6.21. The van der Waals surface area contributed by atoms with Gasteiger partial charge in [0.25, 0.3) is 0 Å². The third-order valence-electron chi connectivity index (χ3n) is 4.20. The molecule has 3 heteroatoms. The molecule has 0 bridgehead atoms. The predicted molar refractivity (Wildman–Crippen MR) is 102 cm³/mol. The van der Waals surface area contributed by atoms with Crippen LogP contribution in [-0.2, 0) is 0 Å². The Morgan fingerprint density at radius 2 is 1.61 bits per heavy atom. The molecule has 1 atom stereocenters. The third kappa shape index (κ3) is 5.13. The normalized spacial score (nSPS) is 12.3. The molecule has 0 spiro atoms. The van der Waals surface area contributed by atoms with Crippen LogP contribution in [0.1, 0.15) is 39.5 Å². The number of halogens is 1. The number of ether oxygens (including phenoxy) is 2. The van der Waals surface area contributed by atoms with Crippen molar-refractivity contribution in [2.45, 2.75) is 39.5 Å².